The summed E-state index contributed by atoms with van der Waals surface area (Å²) in [7, 11) is 0. The molecule has 0 aliphatic heterocycles. The van der Waals surface area contributed by atoms with Gasteiger partial charge in [-0.2, -0.15) is 0 Å². The summed E-state index contributed by atoms with van der Waals surface area (Å²) in [4.78, 5) is 0. The first kappa shape index (κ1) is 56.4. The van der Waals surface area contributed by atoms with Gasteiger partial charge in [-0.15, -0.1) is 0 Å². The second-order valence-corrected chi connectivity index (χ2v) is 20.6. The first-order valence-corrected chi connectivity index (χ1v) is 25.1. The first-order chi connectivity index (χ1) is 40.3. The molecule has 0 saturated carbocycles. The van der Waals surface area contributed by atoms with Gasteiger partial charge in [0.05, 0.1) is 0 Å². The molecule has 1 aliphatic rings. The van der Waals surface area contributed by atoms with Crippen LogP contribution in [0.15, 0.2) is 121 Å². The Kier molecular flexibility index (Phi) is 13.3. The molecule has 0 saturated heterocycles. The van der Waals surface area contributed by atoms with E-state index >= 15 is 35.1 Å². The summed E-state index contributed by atoms with van der Waals surface area (Å²) < 4.78 is 299. The van der Waals surface area contributed by atoms with E-state index in [2.05, 4.69) is 0 Å². The fourth-order valence-corrected chi connectivity index (χ4v) is 11.8. The van der Waals surface area contributed by atoms with Crippen molar-refractivity contribution in [2.24, 2.45) is 0 Å². The minimum Gasteiger partial charge on any atom is -0.204 e. The normalized spacial score (nSPS) is 12.7. The molecule has 1 aliphatic carbocycles. The van der Waals surface area contributed by atoms with Crippen molar-refractivity contribution in [2.45, 2.75) is 19.3 Å². The fraction of sp³-hybridized carbons (Fsp3) is 0.0476. The molecule has 0 amide bonds. The summed E-state index contributed by atoms with van der Waals surface area (Å²) in [6, 6.07) is 30.4. The molecule has 0 bridgehead atoms. The van der Waals surface area contributed by atoms with E-state index in [4.69, 9.17) is 0 Å². The minimum absolute atomic E-state index is 0.299. The van der Waals surface area contributed by atoms with Crippen molar-refractivity contribution in [3.8, 4) is 33.4 Å². The van der Waals surface area contributed by atoms with Crippen molar-refractivity contribution in [3.05, 3.63) is 249 Å². The topological polar surface area (TPSA) is 0 Å². The maximum absolute atomic E-state index is 15.6. The predicted molar refractivity (Wildman–Crippen MR) is 282 cm³/mol. The molecule has 11 aromatic carbocycles. The van der Waals surface area contributed by atoms with E-state index in [1.807, 2.05) is 32.0 Å². The number of hydrogen-bond acceptors (Lipinski definition) is 0. The third kappa shape index (κ3) is 8.17. The van der Waals surface area contributed by atoms with Gasteiger partial charge in [0.2, 0.25) is 0 Å². The van der Waals surface area contributed by atoms with Crippen molar-refractivity contribution in [1.82, 2.24) is 0 Å². The van der Waals surface area contributed by atoms with Crippen molar-refractivity contribution < 1.29 is 87.8 Å². The molecule has 11 aromatic rings. The Morgan fingerprint density at radius 1 is 0.247 bits per heavy atom. The largest absolute Gasteiger partial charge is 0.257 e. The standard InChI is InChI=1S/C63H26B2F20/c1-63(2)36-9-5-8-31-34-21-32(24-12-17-27(18-13-24)65(41-47(70)55(78)61(84)56(79)48(41)71)42-49(72)57(80)62(85)58(81)50(42)73)28-6-3-4-7-29(28)33(34)22-35(38(31)36)30-19-14-25(20-37(30)63)23-10-15-26(16-11-23)64(39-43(66)51(74)59(82)52(75)44(39)67)40-45(68)53(76)60(83)54(77)46(40)69/h3-22H,1-2H3. The van der Waals surface area contributed by atoms with Crippen molar-refractivity contribution >= 4 is 78.5 Å². The summed E-state index contributed by atoms with van der Waals surface area (Å²) in [5, 5.41) is 4.05. The number of rotatable bonds is 8. The molecule has 22 heteroatoms. The van der Waals surface area contributed by atoms with Crippen LogP contribution < -0.4 is 32.8 Å². The summed E-state index contributed by atoms with van der Waals surface area (Å²) in [5.41, 5.74) is -5.24. The van der Waals surface area contributed by atoms with Crippen LogP contribution in [0.25, 0.3) is 65.7 Å². The Hall–Kier alpha value is -9.07. The Morgan fingerprint density at radius 3 is 0.988 bits per heavy atom. The van der Waals surface area contributed by atoms with Crippen LogP contribution in [0.4, 0.5) is 87.8 Å². The second kappa shape index (κ2) is 20.0. The molecule has 0 unspecified atom stereocenters. The average Bonchev–Trinajstić information content (AvgIpc) is 1.06. The highest BCUT2D eigenvalue weighted by Crippen LogP contribution is 2.52. The van der Waals surface area contributed by atoms with E-state index in [1.165, 1.54) is 24.3 Å². The summed E-state index contributed by atoms with van der Waals surface area (Å²) in [6.07, 6.45) is 0. The highest BCUT2D eigenvalue weighted by molar-refractivity contribution is 6.96. The maximum atomic E-state index is 15.6. The summed E-state index contributed by atoms with van der Waals surface area (Å²) in [6.45, 7) is -1.75. The third-order valence-corrected chi connectivity index (χ3v) is 15.9. The van der Waals surface area contributed by atoms with Crippen LogP contribution in [-0.2, 0) is 5.41 Å². The van der Waals surface area contributed by atoms with Gasteiger partial charge in [0, 0.05) is 27.3 Å². The van der Waals surface area contributed by atoms with Crippen molar-refractivity contribution in [1.29, 1.82) is 0 Å². The zero-order valence-corrected chi connectivity index (χ0v) is 42.8. The smallest absolute Gasteiger partial charge is 0.204 e. The zero-order valence-electron chi connectivity index (χ0n) is 42.8. The molecular weight excluding hydrogens is 1160 g/mol. The Morgan fingerprint density at radius 2 is 0.576 bits per heavy atom. The van der Waals surface area contributed by atoms with Crippen LogP contribution in [0.2, 0.25) is 0 Å². The lowest BCUT2D eigenvalue weighted by Crippen LogP contribution is -2.58. The van der Waals surface area contributed by atoms with E-state index < -0.39 is 168 Å². The second-order valence-electron chi connectivity index (χ2n) is 20.6. The van der Waals surface area contributed by atoms with Crippen molar-refractivity contribution in [2.75, 3.05) is 0 Å². The molecule has 0 radical (unpaired) electrons. The molecule has 424 valence electrons. The van der Waals surface area contributed by atoms with Gasteiger partial charge in [-0.3, -0.25) is 0 Å². The van der Waals surface area contributed by atoms with Gasteiger partial charge in [-0.25, -0.2) is 87.8 Å². The molecule has 0 aromatic heterocycles. The van der Waals surface area contributed by atoms with Gasteiger partial charge in [0.15, 0.2) is 116 Å². The Bertz CT molecular complexity index is 4500. The predicted octanol–water partition coefficient (Wildman–Crippen LogP) is 14.6. The van der Waals surface area contributed by atoms with Crippen LogP contribution in [0.5, 0.6) is 0 Å². The minimum atomic E-state index is -2.80. The Labute approximate surface area is 466 Å². The molecule has 12 rings (SSSR count). The van der Waals surface area contributed by atoms with Crippen LogP contribution in [-0.4, -0.2) is 13.4 Å². The lowest BCUT2D eigenvalue weighted by atomic mass is 9.36. The molecule has 0 atom stereocenters. The van der Waals surface area contributed by atoms with E-state index in [0.717, 1.165) is 51.9 Å². The van der Waals surface area contributed by atoms with Gasteiger partial charge in [0.25, 0.3) is 13.4 Å². The van der Waals surface area contributed by atoms with Crippen LogP contribution in [0.3, 0.4) is 0 Å². The number of fused-ring (bicyclic) bond motifs is 6. The van der Waals surface area contributed by atoms with Gasteiger partial charge >= 0.3 is 0 Å². The van der Waals surface area contributed by atoms with E-state index in [0.29, 0.717) is 49.2 Å². The van der Waals surface area contributed by atoms with E-state index in [1.54, 1.807) is 54.6 Å². The summed E-state index contributed by atoms with van der Waals surface area (Å²) >= 11 is 0. The van der Waals surface area contributed by atoms with Gasteiger partial charge < -0.3 is 0 Å². The monoisotopic (exact) mass is 1180 g/mol. The molecule has 0 heterocycles. The molecule has 0 N–H and O–H groups in total. The molecule has 0 fully saturated rings. The fourth-order valence-electron chi connectivity index (χ4n) is 11.8. The number of benzene rings is 11. The van der Waals surface area contributed by atoms with Crippen LogP contribution in [0, 0.1) is 116 Å². The first-order valence-electron chi connectivity index (χ1n) is 25.1. The van der Waals surface area contributed by atoms with Gasteiger partial charge in [0.1, 0.15) is 0 Å². The molecule has 0 nitrogen and oxygen atoms in total. The zero-order chi connectivity index (χ0) is 60.9. The lowest BCUT2D eigenvalue weighted by Gasteiger charge is -2.36. The van der Waals surface area contributed by atoms with Gasteiger partial charge in [-0.05, 0) is 95.0 Å². The Balaban J connectivity index is 0.982. The molecule has 0 spiro atoms. The highest BCUT2D eigenvalue weighted by Gasteiger charge is 2.43. The van der Waals surface area contributed by atoms with Crippen molar-refractivity contribution in [3.63, 3.8) is 0 Å². The third-order valence-electron chi connectivity index (χ3n) is 15.9. The quantitative estimate of drug-likeness (QED) is 0.0468. The van der Waals surface area contributed by atoms with E-state index in [-0.39, 0.29) is 0 Å². The number of halogens is 20. The average molecular weight is 1180 g/mol. The van der Waals surface area contributed by atoms with Crippen LogP contribution in [0.1, 0.15) is 25.0 Å². The highest BCUT2D eigenvalue weighted by atomic mass is 19.2. The summed E-state index contributed by atoms with van der Waals surface area (Å²) in [5.74, 6) is -51.7. The maximum Gasteiger partial charge on any atom is 0.257 e. The molecule has 85 heavy (non-hydrogen) atoms. The SMILES string of the molecule is CC1(C)c2cc(-c3ccc(B(c4c(F)c(F)c(F)c(F)c4F)c4c(F)c(F)c(F)c(F)c4F)cc3)ccc2-c2cc3c4ccccc4c(-c4ccc(B(c5c(F)c(F)c(F)c(F)c5F)c5c(F)c(F)c(F)c(F)c5F)cc4)cc3c3cccc1c23. The number of hydrogen-bond donors (Lipinski definition) is 0. The van der Waals surface area contributed by atoms with Crippen LogP contribution >= 0.6 is 0 Å². The molecular formula is C63H26B2F20. The van der Waals surface area contributed by atoms with Gasteiger partial charge in [-0.1, -0.05) is 128 Å². The lowest BCUT2D eigenvalue weighted by molar-refractivity contribution is 0.382. The van der Waals surface area contributed by atoms with E-state index in [9.17, 15) is 52.7 Å².